The van der Waals surface area contributed by atoms with Gasteiger partial charge in [0.15, 0.2) is 0 Å². The normalized spacial score (nSPS) is 13.6. The van der Waals surface area contributed by atoms with E-state index in [0.29, 0.717) is 6.04 Å². The molecule has 2 nitrogen and oxygen atoms in total. The Morgan fingerprint density at radius 3 is 2.54 bits per heavy atom. The molecule has 0 bridgehead atoms. The van der Waals surface area contributed by atoms with Gasteiger partial charge in [0.1, 0.15) is 0 Å². The van der Waals surface area contributed by atoms with Crippen LogP contribution in [-0.2, 0) is 4.74 Å². The second-order valence-electron chi connectivity index (χ2n) is 3.33. The maximum Gasteiger partial charge on any atom is 0.0615 e. The SMILES string of the molecule is CCN(CCCCBr)C(C)COC. The Morgan fingerprint density at radius 1 is 1.38 bits per heavy atom. The molecule has 0 rings (SSSR count). The van der Waals surface area contributed by atoms with Crippen LogP contribution in [0.4, 0.5) is 0 Å². The highest BCUT2D eigenvalue weighted by atomic mass is 79.9. The number of methoxy groups -OCH3 is 1. The molecule has 0 aromatic rings. The van der Waals surface area contributed by atoms with Crippen molar-refractivity contribution >= 4 is 15.9 Å². The molecule has 1 atom stereocenters. The predicted octanol–water partition coefficient (Wildman–Crippen LogP) is 2.52. The lowest BCUT2D eigenvalue weighted by Crippen LogP contribution is -2.36. The van der Waals surface area contributed by atoms with E-state index in [0.717, 1.165) is 18.5 Å². The van der Waals surface area contributed by atoms with Gasteiger partial charge in [-0.25, -0.2) is 0 Å². The molecule has 0 N–H and O–H groups in total. The Kier molecular flexibility index (Phi) is 9.25. The highest BCUT2D eigenvalue weighted by Gasteiger charge is 2.10. The molecule has 0 fully saturated rings. The van der Waals surface area contributed by atoms with Crippen molar-refractivity contribution < 1.29 is 4.74 Å². The second-order valence-corrected chi connectivity index (χ2v) is 4.12. The van der Waals surface area contributed by atoms with Crippen molar-refractivity contribution in [3.8, 4) is 0 Å². The number of ether oxygens (including phenoxy) is 1. The molecule has 0 aromatic carbocycles. The van der Waals surface area contributed by atoms with Crippen LogP contribution >= 0.6 is 15.9 Å². The van der Waals surface area contributed by atoms with Gasteiger partial charge in [-0.2, -0.15) is 0 Å². The van der Waals surface area contributed by atoms with Gasteiger partial charge < -0.3 is 4.74 Å². The van der Waals surface area contributed by atoms with E-state index in [1.54, 1.807) is 7.11 Å². The number of likely N-dealkylation sites (N-methyl/N-ethyl adjacent to an activating group) is 1. The number of halogens is 1. The zero-order valence-electron chi connectivity index (χ0n) is 9.05. The van der Waals surface area contributed by atoms with Crippen LogP contribution in [0.25, 0.3) is 0 Å². The summed E-state index contributed by atoms with van der Waals surface area (Å²) >= 11 is 3.45. The van der Waals surface area contributed by atoms with E-state index in [2.05, 4.69) is 34.7 Å². The van der Waals surface area contributed by atoms with Gasteiger partial charge in [0, 0.05) is 18.5 Å². The standard InChI is InChI=1S/C10H22BrNO/c1-4-12(8-6-5-7-11)10(2)9-13-3/h10H,4-9H2,1-3H3. The monoisotopic (exact) mass is 251 g/mol. The maximum atomic E-state index is 5.14. The van der Waals surface area contributed by atoms with Crippen LogP contribution in [0.3, 0.4) is 0 Å². The third kappa shape index (κ3) is 6.47. The van der Waals surface area contributed by atoms with Crippen LogP contribution in [0.5, 0.6) is 0 Å². The van der Waals surface area contributed by atoms with Crippen molar-refractivity contribution in [2.75, 3.05) is 32.1 Å². The van der Waals surface area contributed by atoms with Crippen LogP contribution in [0, 0.1) is 0 Å². The molecule has 0 aliphatic rings. The summed E-state index contributed by atoms with van der Waals surface area (Å²) in [6, 6.07) is 0.547. The van der Waals surface area contributed by atoms with E-state index in [1.807, 2.05) is 0 Å². The molecule has 0 spiro atoms. The third-order valence-electron chi connectivity index (χ3n) is 2.27. The van der Waals surface area contributed by atoms with Crippen LogP contribution in [-0.4, -0.2) is 43.1 Å². The molecule has 0 aromatic heterocycles. The van der Waals surface area contributed by atoms with Gasteiger partial charge in [0.25, 0.3) is 0 Å². The first-order chi connectivity index (χ1) is 6.26. The molecule has 0 saturated heterocycles. The Labute approximate surface area is 90.8 Å². The van der Waals surface area contributed by atoms with Gasteiger partial charge in [-0.15, -0.1) is 0 Å². The minimum Gasteiger partial charge on any atom is -0.383 e. The molecule has 80 valence electrons. The summed E-state index contributed by atoms with van der Waals surface area (Å²) in [5.74, 6) is 0. The summed E-state index contributed by atoms with van der Waals surface area (Å²) in [6.07, 6.45) is 2.53. The second kappa shape index (κ2) is 8.97. The topological polar surface area (TPSA) is 12.5 Å². The van der Waals surface area contributed by atoms with E-state index in [4.69, 9.17) is 4.74 Å². The molecular weight excluding hydrogens is 230 g/mol. The largest absolute Gasteiger partial charge is 0.383 e. The van der Waals surface area contributed by atoms with Crippen LogP contribution in [0.1, 0.15) is 26.7 Å². The molecule has 0 aliphatic heterocycles. The molecule has 0 radical (unpaired) electrons. The lowest BCUT2D eigenvalue weighted by molar-refractivity contribution is 0.102. The number of hydrogen-bond donors (Lipinski definition) is 0. The minimum absolute atomic E-state index is 0.547. The van der Waals surface area contributed by atoms with Crippen molar-refractivity contribution in [3.63, 3.8) is 0 Å². The Bertz CT molecular complexity index is 111. The first-order valence-electron chi connectivity index (χ1n) is 5.05. The first-order valence-corrected chi connectivity index (χ1v) is 6.17. The van der Waals surface area contributed by atoms with E-state index in [1.165, 1.54) is 19.4 Å². The van der Waals surface area contributed by atoms with Crippen LogP contribution in [0.2, 0.25) is 0 Å². The Balaban J connectivity index is 3.60. The highest BCUT2D eigenvalue weighted by Crippen LogP contribution is 2.03. The molecule has 3 heteroatoms. The van der Waals surface area contributed by atoms with Crippen LogP contribution < -0.4 is 0 Å². The van der Waals surface area contributed by atoms with E-state index >= 15 is 0 Å². The molecule has 0 heterocycles. The Morgan fingerprint density at radius 2 is 2.08 bits per heavy atom. The van der Waals surface area contributed by atoms with Crippen LogP contribution in [0.15, 0.2) is 0 Å². The molecule has 1 unspecified atom stereocenters. The van der Waals surface area contributed by atoms with E-state index in [9.17, 15) is 0 Å². The summed E-state index contributed by atoms with van der Waals surface area (Å²) in [7, 11) is 1.77. The lowest BCUT2D eigenvalue weighted by atomic mass is 10.2. The van der Waals surface area contributed by atoms with Gasteiger partial charge >= 0.3 is 0 Å². The summed E-state index contributed by atoms with van der Waals surface area (Å²) < 4.78 is 5.14. The van der Waals surface area contributed by atoms with Gasteiger partial charge in [-0.3, -0.25) is 4.90 Å². The van der Waals surface area contributed by atoms with Gasteiger partial charge in [0.05, 0.1) is 6.61 Å². The third-order valence-corrected chi connectivity index (χ3v) is 2.83. The van der Waals surface area contributed by atoms with Crippen molar-refractivity contribution in [3.05, 3.63) is 0 Å². The fourth-order valence-corrected chi connectivity index (χ4v) is 1.84. The zero-order valence-corrected chi connectivity index (χ0v) is 10.6. The zero-order chi connectivity index (χ0) is 10.1. The quantitative estimate of drug-likeness (QED) is 0.486. The molecule has 0 aliphatic carbocycles. The van der Waals surface area contributed by atoms with Crippen molar-refractivity contribution in [1.29, 1.82) is 0 Å². The van der Waals surface area contributed by atoms with Crippen molar-refractivity contribution in [2.45, 2.75) is 32.7 Å². The summed E-state index contributed by atoms with van der Waals surface area (Å²) in [6.45, 7) is 7.57. The average molecular weight is 252 g/mol. The molecular formula is C10H22BrNO. The number of hydrogen-bond acceptors (Lipinski definition) is 2. The van der Waals surface area contributed by atoms with Crippen molar-refractivity contribution in [2.24, 2.45) is 0 Å². The first kappa shape index (κ1) is 13.4. The molecule has 0 saturated carbocycles. The maximum absolute atomic E-state index is 5.14. The molecule has 13 heavy (non-hydrogen) atoms. The fraction of sp³-hybridized carbons (Fsp3) is 1.00. The molecule has 0 amide bonds. The lowest BCUT2D eigenvalue weighted by Gasteiger charge is -2.27. The fourth-order valence-electron chi connectivity index (χ4n) is 1.45. The highest BCUT2D eigenvalue weighted by molar-refractivity contribution is 9.09. The summed E-state index contributed by atoms with van der Waals surface area (Å²) in [4.78, 5) is 2.46. The number of unbranched alkanes of at least 4 members (excludes halogenated alkanes) is 1. The van der Waals surface area contributed by atoms with Gasteiger partial charge in [0.2, 0.25) is 0 Å². The minimum atomic E-state index is 0.547. The van der Waals surface area contributed by atoms with E-state index < -0.39 is 0 Å². The van der Waals surface area contributed by atoms with Crippen molar-refractivity contribution in [1.82, 2.24) is 4.90 Å². The average Bonchev–Trinajstić information content (AvgIpc) is 2.13. The number of nitrogens with zero attached hydrogens (tertiary/aromatic N) is 1. The summed E-state index contributed by atoms with van der Waals surface area (Å²) in [5, 5.41) is 1.11. The number of rotatable bonds is 8. The van der Waals surface area contributed by atoms with Gasteiger partial charge in [-0.1, -0.05) is 22.9 Å². The number of alkyl halides is 1. The van der Waals surface area contributed by atoms with E-state index in [-0.39, 0.29) is 0 Å². The predicted molar refractivity (Wildman–Crippen MR) is 61.6 cm³/mol. The van der Waals surface area contributed by atoms with Gasteiger partial charge in [-0.05, 0) is 32.9 Å². The Hall–Kier alpha value is 0.400. The smallest absolute Gasteiger partial charge is 0.0615 e. The summed E-state index contributed by atoms with van der Waals surface area (Å²) in [5.41, 5.74) is 0.